The van der Waals surface area contributed by atoms with E-state index in [1.54, 1.807) is 0 Å². The molecule has 1 atom stereocenters. The summed E-state index contributed by atoms with van der Waals surface area (Å²) in [6.07, 6.45) is -3.54. The highest BCUT2D eigenvalue weighted by Crippen LogP contribution is 2.34. The molecule has 1 aromatic rings. The summed E-state index contributed by atoms with van der Waals surface area (Å²) in [6, 6.07) is 2.45. The predicted molar refractivity (Wildman–Crippen MR) is 49.9 cm³/mol. The lowest BCUT2D eigenvalue weighted by atomic mass is 9.95. The number of pyridine rings is 1. The van der Waals surface area contributed by atoms with Gasteiger partial charge in [-0.05, 0) is 18.1 Å². The maximum absolute atomic E-state index is 12.6. The molecule has 88 valence electrons. The first kappa shape index (κ1) is 12.5. The average molecular weight is 233 g/mol. The molecule has 6 heteroatoms. The van der Waals surface area contributed by atoms with E-state index in [0.29, 0.717) is 0 Å². The van der Waals surface area contributed by atoms with Crippen molar-refractivity contribution >= 4 is 5.97 Å². The van der Waals surface area contributed by atoms with E-state index in [2.05, 4.69) is 4.98 Å². The summed E-state index contributed by atoms with van der Waals surface area (Å²) in [5.74, 6) is -2.45. The normalized spacial score (nSPS) is 13.5. The number of carboxylic acids is 1. The van der Waals surface area contributed by atoms with Crippen LogP contribution in [0.4, 0.5) is 13.2 Å². The van der Waals surface area contributed by atoms with Crippen molar-refractivity contribution in [2.75, 3.05) is 0 Å². The Morgan fingerprint density at radius 3 is 2.62 bits per heavy atom. The summed E-state index contributed by atoms with van der Waals surface area (Å²) in [5, 5.41) is 8.82. The van der Waals surface area contributed by atoms with Crippen molar-refractivity contribution in [2.45, 2.75) is 25.4 Å². The first-order chi connectivity index (χ1) is 7.38. The number of halogens is 3. The Bertz CT molecular complexity index is 390. The summed E-state index contributed by atoms with van der Waals surface area (Å²) < 4.78 is 37.7. The van der Waals surface area contributed by atoms with Crippen molar-refractivity contribution in [3.8, 4) is 0 Å². The van der Waals surface area contributed by atoms with Gasteiger partial charge in [-0.2, -0.15) is 13.2 Å². The molecule has 0 amide bonds. The van der Waals surface area contributed by atoms with Crippen LogP contribution in [0.25, 0.3) is 0 Å². The Hall–Kier alpha value is -1.59. The zero-order valence-electron chi connectivity index (χ0n) is 8.45. The Balaban J connectivity index is 3.27. The standard InChI is InChI=1S/C10H10F3NO2/c1-2-6(9(15)16)7-4-3-5-14-8(7)10(11,12)13/h3-6H,2H2,1H3,(H,15,16). The molecule has 0 bridgehead atoms. The second-order valence-electron chi connectivity index (χ2n) is 3.24. The van der Waals surface area contributed by atoms with E-state index in [1.807, 2.05) is 0 Å². The Morgan fingerprint density at radius 1 is 1.56 bits per heavy atom. The van der Waals surface area contributed by atoms with Gasteiger partial charge in [0.25, 0.3) is 0 Å². The number of alkyl halides is 3. The number of hydrogen-bond acceptors (Lipinski definition) is 2. The molecule has 0 spiro atoms. The molecule has 0 saturated carbocycles. The van der Waals surface area contributed by atoms with Crippen LogP contribution < -0.4 is 0 Å². The van der Waals surface area contributed by atoms with Gasteiger partial charge in [0.1, 0.15) is 5.69 Å². The van der Waals surface area contributed by atoms with E-state index in [-0.39, 0.29) is 12.0 Å². The second kappa shape index (κ2) is 4.51. The van der Waals surface area contributed by atoms with Gasteiger partial charge in [-0.25, -0.2) is 0 Å². The van der Waals surface area contributed by atoms with Gasteiger partial charge in [-0.3, -0.25) is 9.78 Å². The van der Waals surface area contributed by atoms with Gasteiger partial charge in [0.05, 0.1) is 5.92 Å². The smallest absolute Gasteiger partial charge is 0.433 e. The molecular weight excluding hydrogens is 223 g/mol. The molecule has 1 N–H and O–H groups in total. The van der Waals surface area contributed by atoms with Gasteiger partial charge in [-0.15, -0.1) is 0 Å². The first-order valence-corrected chi connectivity index (χ1v) is 4.62. The van der Waals surface area contributed by atoms with Crippen LogP contribution in [0.1, 0.15) is 30.5 Å². The van der Waals surface area contributed by atoms with Crippen molar-refractivity contribution in [3.63, 3.8) is 0 Å². The van der Waals surface area contributed by atoms with Crippen LogP contribution in [0.3, 0.4) is 0 Å². The van der Waals surface area contributed by atoms with Crippen molar-refractivity contribution < 1.29 is 23.1 Å². The van der Waals surface area contributed by atoms with Crippen LogP contribution >= 0.6 is 0 Å². The van der Waals surface area contributed by atoms with E-state index < -0.39 is 23.8 Å². The van der Waals surface area contributed by atoms with E-state index >= 15 is 0 Å². The third-order valence-corrected chi connectivity index (χ3v) is 2.19. The lowest BCUT2D eigenvalue weighted by Gasteiger charge is -2.15. The van der Waals surface area contributed by atoms with Crippen LogP contribution in [0.2, 0.25) is 0 Å². The number of rotatable bonds is 3. The van der Waals surface area contributed by atoms with Crippen molar-refractivity contribution in [1.29, 1.82) is 0 Å². The molecule has 0 radical (unpaired) electrons. The molecule has 0 fully saturated rings. The largest absolute Gasteiger partial charge is 0.481 e. The third kappa shape index (κ3) is 2.50. The highest BCUT2D eigenvalue weighted by Gasteiger charge is 2.38. The van der Waals surface area contributed by atoms with Crippen molar-refractivity contribution in [2.24, 2.45) is 0 Å². The predicted octanol–water partition coefficient (Wildman–Crippen LogP) is 2.68. The molecule has 3 nitrogen and oxygen atoms in total. The van der Waals surface area contributed by atoms with E-state index in [0.717, 1.165) is 12.3 Å². The van der Waals surface area contributed by atoms with Gasteiger partial charge < -0.3 is 5.11 Å². The summed E-state index contributed by atoms with van der Waals surface area (Å²) in [7, 11) is 0. The highest BCUT2D eigenvalue weighted by atomic mass is 19.4. The first-order valence-electron chi connectivity index (χ1n) is 4.62. The fourth-order valence-corrected chi connectivity index (χ4v) is 1.46. The molecule has 1 rings (SSSR count). The maximum Gasteiger partial charge on any atom is 0.433 e. The molecule has 1 unspecified atom stereocenters. The molecule has 16 heavy (non-hydrogen) atoms. The minimum Gasteiger partial charge on any atom is -0.481 e. The van der Waals surface area contributed by atoms with E-state index in [4.69, 9.17) is 5.11 Å². The number of aliphatic carboxylic acids is 1. The van der Waals surface area contributed by atoms with Gasteiger partial charge in [0.2, 0.25) is 0 Å². The van der Waals surface area contributed by atoms with Crippen LogP contribution in [0.5, 0.6) is 0 Å². The van der Waals surface area contributed by atoms with Crippen LogP contribution in [0.15, 0.2) is 18.3 Å². The number of nitrogens with zero attached hydrogens (tertiary/aromatic N) is 1. The summed E-state index contributed by atoms with van der Waals surface area (Å²) in [6.45, 7) is 1.52. The summed E-state index contributed by atoms with van der Waals surface area (Å²) >= 11 is 0. The molecule has 0 aliphatic heterocycles. The molecular formula is C10H10F3NO2. The number of carbonyl (C=O) groups is 1. The van der Waals surface area contributed by atoms with Crippen LogP contribution in [-0.4, -0.2) is 16.1 Å². The van der Waals surface area contributed by atoms with E-state index in [9.17, 15) is 18.0 Å². The Morgan fingerprint density at radius 2 is 2.19 bits per heavy atom. The van der Waals surface area contributed by atoms with Gasteiger partial charge >= 0.3 is 12.1 Å². The number of hydrogen-bond donors (Lipinski definition) is 1. The molecule has 0 aliphatic carbocycles. The van der Waals surface area contributed by atoms with Crippen LogP contribution in [-0.2, 0) is 11.0 Å². The Kier molecular flexibility index (Phi) is 3.51. The van der Waals surface area contributed by atoms with Gasteiger partial charge in [0.15, 0.2) is 0 Å². The Labute approximate surface area is 89.9 Å². The summed E-state index contributed by atoms with van der Waals surface area (Å²) in [4.78, 5) is 14.0. The zero-order valence-corrected chi connectivity index (χ0v) is 8.45. The maximum atomic E-state index is 12.6. The molecule has 1 heterocycles. The fraction of sp³-hybridized carbons (Fsp3) is 0.400. The quantitative estimate of drug-likeness (QED) is 0.873. The van der Waals surface area contributed by atoms with Crippen molar-refractivity contribution in [1.82, 2.24) is 4.98 Å². The minimum atomic E-state index is -4.63. The summed E-state index contributed by atoms with van der Waals surface area (Å²) in [5.41, 5.74) is -1.41. The molecule has 1 aromatic heterocycles. The SMILES string of the molecule is CCC(C(=O)O)c1cccnc1C(F)(F)F. The highest BCUT2D eigenvalue weighted by molar-refractivity contribution is 5.76. The number of carboxylic acid groups (broad SMARTS) is 1. The van der Waals surface area contributed by atoms with Crippen molar-refractivity contribution in [3.05, 3.63) is 29.6 Å². The van der Waals surface area contributed by atoms with E-state index in [1.165, 1.54) is 13.0 Å². The monoisotopic (exact) mass is 233 g/mol. The number of aromatic nitrogens is 1. The average Bonchev–Trinajstić information content (AvgIpc) is 2.17. The fourth-order valence-electron chi connectivity index (χ4n) is 1.46. The molecule has 0 aliphatic rings. The molecule has 0 saturated heterocycles. The lowest BCUT2D eigenvalue weighted by molar-refractivity contribution is -0.143. The lowest BCUT2D eigenvalue weighted by Crippen LogP contribution is -2.18. The molecule has 0 aromatic carbocycles. The zero-order chi connectivity index (χ0) is 12.3. The van der Waals surface area contributed by atoms with Crippen LogP contribution in [0, 0.1) is 0 Å². The minimum absolute atomic E-state index is 0.0874. The third-order valence-electron chi connectivity index (χ3n) is 2.19. The van der Waals surface area contributed by atoms with Gasteiger partial charge in [0, 0.05) is 6.20 Å². The van der Waals surface area contributed by atoms with Gasteiger partial charge in [-0.1, -0.05) is 13.0 Å². The second-order valence-corrected chi connectivity index (χ2v) is 3.24. The topological polar surface area (TPSA) is 50.2 Å².